The largest absolute Gasteiger partial charge is 0.318 e. The molecule has 1 aromatic heterocycles. The van der Waals surface area contributed by atoms with Gasteiger partial charge in [-0.25, -0.2) is 4.98 Å². The summed E-state index contributed by atoms with van der Waals surface area (Å²) in [4.78, 5) is 30.6. The van der Waals surface area contributed by atoms with Crippen LogP contribution in [0.1, 0.15) is 17.2 Å². The van der Waals surface area contributed by atoms with E-state index in [9.17, 15) is 9.59 Å². The zero-order valence-electron chi connectivity index (χ0n) is 11.8. The Bertz CT molecular complexity index is 872. The summed E-state index contributed by atoms with van der Waals surface area (Å²) < 4.78 is 0. The molecule has 0 aliphatic heterocycles. The van der Waals surface area contributed by atoms with Crippen LogP contribution >= 0.6 is 0 Å². The molecule has 0 radical (unpaired) electrons. The molecular weight excluding hydrogens is 278 g/mol. The van der Waals surface area contributed by atoms with E-state index in [1.54, 1.807) is 18.2 Å². The van der Waals surface area contributed by atoms with Crippen molar-refractivity contribution in [3.63, 3.8) is 0 Å². The van der Waals surface area contributed by atoms with Gasteiger partial charge in [-0.2, -0.15) is 0 Å². The van der Waals surface area contributed by atoms with Crippen LogP contribution in [0, 0.1) is 0 Å². The number of H-pyrrole nitrogens is 1. The highest BCUT2D eigenvalue weighted by Gasteiger charge is 2.16. The molecule has 0 spiro atoms. The number of nitrogens with two attached hydrogens (primary N) is 1. The third-order valence-corrected chi connectivity index (χ3v) is 3.59. The topological polar surface area (TPSA) is 88.8 Å². The van der Waals surface area contributed by atoms with Gasteiger partial charge in [0.1, 0.15) is 0 Å². The Kier molecular flexibility index (Phi) is 3.80. The molecule has 1 atom stereocenters. The molecule has 0 saturated heterocycles. The number of hydrogen-bond donors (Lipinski definition) is 2. The molecular formula is C17H15N3O2. The molecule has 0 fully saturated rings. The van der Waals surface area contributed by atoms with Crippen molar-refractivity contribution in [2.24, 2.45) is 5.73 Å². The van der Waals surface area contributed by atoms with Crippen molar-refractivity contribution in [3.05, 3.63) is 76.3 Å². The molecule has 1 heterocycles. The van der Waals surface area contributed by atoms with Crippen molar-refractivity contribution in [1.82, 2.24) is 9.97 Å². The zero-order chi connectivity index (χ0) is 15.5. The number of hydrogen-bond acceptors (Lipinski definition) is 4. The summed E-state index contributed by atoms with van der Waals surface area (Å²) in [6.07, 6.45) is 1.56. The van der Waals surface area contributed by atoms with Gasteiger partial charge in [0.25, 0.3) is 5.56 Å². The Hall–Kier alpha value is -2.79. The number of aromatic nitrogens is 2. The first kappa shape index (κ1) is 14.2. The number of ketones is 1. The van der Waals surface area contributed by atoms with Crippen LogP contribution in [0.3, 0.4) is 0 Å². The number of fused-ring (bicyclic) bond motifs is 1. The van der Waals surface area contributed by atoms with E-state index < -0.39 is 6.04 Å². The molecule has 3 N–H and O–H groups in total. The summed E-state index contributed by atoms with van der Waals surface area (Å²) >= 11 is 0. The van der Waals surface area contributed by atoms with Crippen molar-refractivity contribution >= 4 is 16.7 Å². The first-order chi connectivity index (χ1) is 10.6. The van der Waals surface area contributed by atoms with Gasteiger partial charge in [-0.05, 0) is 23.3 Å². The number of Topliss-reactive ketones (excluding diaryl/α,β-unsaturated/α-hetero) is 1. The first-order valence-electron chi connectivity index (χ1n) is 6.95. The quantitative estimate of drug-likeness (QED) is 0.766. The van der Waals surface area contributed by atoms with Crippen molar-refractivity contribution in [2.75, 3.05) is 0 Å². The molecule has 5 heteroatoms. The van der Waals surface area contributed by atoms with E-state index >= 15 is 0 Å². The van der Waals surface area contributed by atoms with Crippen LogP contribution in [0.25, 0.3) is 10.9 Å². The van der Waals surface area contributed by atoms with Gasteiger partial charge in [0.2, 0.25) is 0 Å². The fourth-order valence-corrected chi connectivity index (χ4v) is 2.38. The molecule has 5 nitrogen and oxygen atoms in total. The molecule has 1 unspecified atom stereocenters. The molecule has 0 aliphatic rings. The predicted octanol–water partition coefficient (Wildman–Crippen LogP) is 1.73. The molecule has 110 valence electrons. The summed E-state index contributed by atoms with van der Waals surface area (Å²) in [6, 6.07) is 13.8. The fourth-order valence-electron chi connectivity index (χ4n) is 2.38. The van der Waals surface area contributed by atoms with Gasteiger partial charge in [-0.3, -0.25) is 9.59 Å². The molecule has 0 aliphatic carbocycles. The van der Waals surface area contributed by atoms with Crippen LogP contribution < -0.4 is 11.3 Å². The Morgan fingerprint density at radius 1 is 1.18 bits per heavy atom. The normalized spacial score (nSPS) is 12.2. The average Bonchev–Trinajstić information content (AvgIpc) is 2.55. The third-order valence-electron chi connectivity index (χ3n) is 3.59. The number of nitrogens with zero attached hydrogens (tertiary/aromatic N) is 1. The predicted molar refractivity (Wildman–Crippen MR) is 84.4 cm³/mol. The van der Waals surface area contributed by atoms with Crippen LogP contribution in [0.15, 0.2) is 59.7 Å². The summed E-state index contributed by atoms with van der Waals surface area (Å²) in [6.45, 7) is 0. The van der Waals surface area contributed by atoms with Crippen LogP contribution in [0.4, 0.5) is 0 Å². The molecule has 0 saturated carbocycles. The van der Waals surface area contributed by atoms with Crippen molar-refractivity contribution in [3.8, 4) is 0 Å². The minimum absolute atomic E-state index is 0.0737. The van der Waals surface area contributed by atoms with Gasteiger partial charge in [0.15, 0.2) is 5.78 Å². The van der Waals surface area contributed by atoms with Crippen molar-refractivity contribution in [1.29, 1.82) is 0 Å². The van der Waals surface area contributed by atoms with E-state index in [-0.39, 0.29) is 17.8 Å². The van der Waals surface area contributed by atoms with E-state index in [1.165, 1.54) is 6.33 Å². The molecule has 0 bridgehead atoms. The standard InChI is InChI=1S/C17H15N3O2/c18-16(12-4-2-1-3-5-12)15(21)9-11-6-7-13-14(8-11)19-10-20-17(13)22/h1-8,10,16H,9,18H2,(H,19,20,22). The highest BCUT2D eigenvalue weighted by Crippen LogP contribution is 2.15. The van der Waals surface area contributed by atoms with Gasteiger partial charge in [0, 0.05) is 6.42 Å². The minimum atomic E-state index is -0.649. The molecule has 22 heavy (non-hydrogen) atoms. The smallest absolute Gasteiger partial charge is 0.258 e. The second-order valence-electron chi connectivity index (χ2n) is 5.11. The fraction of sp³-hybridized carbons (Fsp3) is 0.118. The molecule has 3 aromatic rings. The third kappa shape index (κ3) is 2.80. The van der Waals surface area contributed by atoms with E-state index in [4.69, 9.17) is 5.73 Å². The monoisotopic (exact) mass is 293 g/mol. The summed E-state index contributed by atoms with van der Waals surface area (Å²) in [5.74, 6) is -0.0737. The average molecular weight is 293 g/mol. The van der Waals surface area contributed by atoms with Gasteiger partial charge >= 0.3 is 0 Å². The first-order valence-corrected chi connectivity index (χ1v) is 6.95. The lowest BCUT2D eigenvalue weighted by Crippen LogP contribution is -2.23. The maximum atomic E-state index is 12.3. The van der Waals surface area contributed by atoms with Crippen molar-refractivity contribution in [2.45, 2.75) is 12.5 Å². The Labute approximate surface area is 126 Å². The van der Waals surface area contributed by atoms with Crippen LogP contribution in [-0.2, 0) is 11.2 Å². The number of carbonyl (C=O) groups excluding carboxylic acids is 1. The van der Waals surface area contributed by atoms with Gasteiger partial charge in [0.05, 0.1) is 23.3 Å². The molecule has 0 amide bonds. The van der Waals surface area contributed by atoms with Gasteiger partial charge < -0.3 is 10.7 Å². The van der Waals surface area contributed by atoms with Crippen LogP contribution in [0.5, 0.6) is 0 Å². The molecule has 2 aromatic carbocycles. The van der Waals surface area contributed by atoms with E-state index in [0.717, 1.165) is 11.1 Å². The van der Waals surface area contributed by atoms with E-state index in [2.05, 4.69) is 9.97 Å². The number of nitrogens with one attached hydrogen (secondary N) is 1. The van der Waals surface area contributed by atoms with E-state index in [1.807, 2.05) is 30.3 Å². The highest BCUT2D eigenvalue weighted by molar-refractivity contribution is 5.88. The lowest BCUT2D eigenvalue weighted by atomic mass is 9.98. The summed E-state index contributed by atoms with van der Waals surface area (Å²) in [7, 11) is 0. The summed E-state index contributed by atoms with van der Waals surface area (Å²) in [5, 5.41) is 0.506. The Balaban J connectivity index is 1.84. The Morgan fingerprint density at radius 3 is 2.73 bits per heavy atom. The second kappa shape index (κ2) is 5.91. The van der Waals surface area contributed by atoms with Crippen molar-refractivity contribution < 1.29 is 4.79 Å². The van der Waals surface area contributed by atoms with E-state index in [0.29, 0.717) is 10.9 Å². The van der Waals surface area contributed by atoms with Gasteiger partial charge in [-0.1, -0.05) is 36.4 Å². The SMILES string of the molecule is NC(C(=O)Cc1ccc2c(=O)[nH]cnc2c1)c1ccccc1. The Morgan fingerprint density at radius 2 is 1.95 bits per heavy atom. The maximum absolute atomic E-state index is 12.3. The number of rotatable bonds is 4. The number of benzene rings is 2. The molecule has 3 rings (SSSR count). The van der Waals surface area contributed by atoms with Crippen LogP contribution in [-0.4, -0.2) is 15.8 Å². The second-order valence-corrected chi connectivity index (χ2v) is 5.11. The van der Waals surface area contributed by atoms with Crippen LogP contribution in [0.2, 0.25) is 0 Å². The maximum Gasteiger partial charge on any atom is 0.258 e. The summed E-state index contributed by atoms with van der Waals surface area (Å²) in [5.41, 5.74) is 7.97. The minimum Gasteiger partial charge on any atom is -0.318 e. The lowest BCUT2D eigenvalue weighted by molar-refractivity contribution is -0.119. The zero-order valence-corrected chi connectivity index (χ0v) is 11.8. The number of carbonyl (C=O) groups is 1. The van der Waals surface area contributed by atoms with Gasteiger partial charge in [-0.15, -0.1) is 0 Å². The highest BCUT2D eigenvalue weighted by atomic mass is 16.1. The lowest BCUT2D eigenvalue weighted by Gasteiger charge is -2.11. The number of aromatic amines is 1.